The first kappa shape index (κ1) is 11.9. The van der Waals surface area contributed by atoms with Crippen LogP contribution in [0.3, 0.4) is 0 Å². The monoisotopic (exact) mass is 226 g/mol. The van der Waals surface area contributed by atoms with Gasteiger partial charge in [-0.3, -0.25) is 10.1 Å². The van der Waals surface area contributed by atoms with Gasteiger partial charge in [0.1, 0.15) is 0 Å². The van der Waals surface area contributed by atoms with Crippen molar-refractivity contribution in [1.29, 1.82) is 0 Å². The molecule has 92 valence electrons. The van der Waals surface area contributed by atoms with Crippen molar-refractivity contribution in [1.82, 2.24) is 10.2 Å². The van der Waals surface area contributed by atoms with Gasteiger partial charge in [0.05, 0.1) is 19.3 Å². The number of carbonyl (C=O) groups is 1. The standard InChI is InChI=1S/C12H22N2O2/c1-2-4-11-12(15)14(9-13-11)7-10-5-3-6-16-8-10/h10-11,13H,2-9H2,1H3. The number of ether oxygens (including phenoxy) is 1. The molecule has 0 radical (unpaired) electrons. The van der Waals surface area contributed by atoms with Gasteiger partial charge in [-0.05, 0) is 19.3 Å². The summed E-state index contributed by atoms with van der Waals surface area (Å²) in [6, 6.07) is 0.0644. The zero-order valence-corrected chi connectivity index (χ0v) is 10.1. The van der Waals surface area contributed by atoms with E-state index in [1.54, 1.807) is 0 Å². The van der Waals surface area contributed by atoms with Gasteiger partial charge in [0.2, 0.25) is 5.91 Å². The van der Waals surface area contributed by atoms with Crippen LogP contribution < -0.4 is 5.32 Å². The van der Waals surface area contributed by atoms with Crippen LogP contribution in [0.4, 0.5) is 0 Å². The highest BCUT2D eigenvalue weighted by Crippen LogP contribution is 2.17. The summed E-state index contributed by atoms with van der Waals surface area (Å²) >= 11 is 0. The van der Waals surface area contributed by atoms with Crippen LogP contribution in [0, 0.1) is 5.92 Å². The number of nitrogens with zero attached hydrogens (tertiary/aromatic N) is 1. The van der Waals surface area contributed by atoms with E-state index in [4.69, 9.17) is 4.74 Å². The molecule has 1 amide bonds. The fourth-order valence-electron chi connectivity index (χ4n) is 2.54. The number of hydrogen-bond acceptors (Lipinski definition) is 3. The van der Waals surface area contributed by atoms with Gasteiger partial charge in [-0.2, -0.15) is 0 Å². The minimum Gasteiger partial charge on any atom is -0.381 e. The summed E-state index contributed by atoms with van der Waals surface area (Å²) in [7, 11) is 0. The Hall–Kier alpha value is -0.610. The first-order valence-electron chi connectivity index (χ1n) is 6.41. The molecule has 0 bridgehead atoms. The molecule has 0 aromatic rings. The number of hydrogen-bond donors (Lipinski definition) is 1. The van der Waals surface area contributed by atoms with Crippen LogP contribution in [0.25, 0.3) is 0 Å². The van der Waals surface area contributed by atoms with Crippen LogP contribution >= 0.6 is 0 Å². The van der Waals surface area contributed by atoms with E-state index in [2.05, 4.69) is 12.2 Å². The molecule has 16 heavy (non-hydrogen) atoms. The van der Waals surface area contributed by atoms with Crippen LogP contribution in [0.1, 0.15) is 32.6 Å². The highest BCUT2D eigenvalue weighted by Gasteiger charge is 2.31. The molecule has 4 heteroatoms. The first-order valence-corrected chi connectivity index (χ1v) is 6.41. The van der Waals surface area contributed by atoms with Crippen molar-refractivity contribution >= 4 is 5.91 Å². The fraction of sp³-hybridized carbons (Fsp3) is 0.917. The van der Waals surface area contributed by atoms with Crippen molar-refractivity contribution in [2.45, 2.75) is 38.6 Å². The van der Waals surface area contributed by atoms with Crippen LogP contribution in [0.15, 0.2) is 0 Å². The van der Waals surface area contributed by atoms with Crippen molar-refractivity contribution < 1.29 is 9.53 Å². The molecule has 2 saturated heterocycles. The van der Waals surface area contributed by atoms with Gasteiger partial charge in [0.15, 0.2) is 0 Å². The highest BCUT2D eigenvalue weighted by molar-refractivity contribution is 5.83. The van der Waals surface area contributed by atoms with Gasteiger partial charge in [0, 0.05) is 19.1 Å². The van der Waals surface area contributed by atoms with E-state index in [1.807, 2.05) is 4.90 Å². The smallest absolute Gasteiger partial charge is 0.240 e. The molecule has 2 fully saturated rings. The molecule has 1 N–H and O–H groups in total. The molecule has 2 unspecified atom stereocenters. The van der Waals surface area contributed by atoms with Crippen molar-refractivity contribution in [3.8, 4) is 0 Å². The summed E-state index contributed by atoms with van der Waals surface area (Å²) < 4.78 is 5.44. The van der Waals surface area contributed by atoms with Gasteiger partial charge in [-0.25, -0.2) is 0 Å². The van der Waals surface area contributed by atoms with Crippen molar-refractivity contribution in [2.75, 3.05) is 26.4 Å². The summed E-state index contributed by atoms with van der Waals surface area (Å²) in [4.78, 5) is 13.9. The van der Waals surface area contributed by atoms with Gasteiger partial charge in [-0.1, -0.05) is 13.3 Å². The second-order valence-electron chi connectivity index (χ2n) is 4.85. The molecule has 0 aromatic carbocycles. The lowest BCUT2D eigenvalue weighted by atomic mass is 10.0. The van der Waals surface area contributed by atoms with Crippen molar-refractivity contribution in [3.63, 3.8) is 0 Å². The summed E-state index contributed by atoms with van der Waals surface area (Å²) in [6.45, 7) is 5.42. The lowest BCUT2D eigenvalue weighted by molar-refractivity contribution is -0.130. The Bertz CT molecular complexity index is 239. The van der Waals surface area contributed by atoms with Gasteiger partial charge >= 0.3 is 0 Å². The zero-order chi connectivity index (χ0) is 11.4. The predicted molar refractivity (Wildman–Crippen MR) is 62.0 cm³/mol. The fourth-order valence-corrected chi connectivity index (χ4v) is 2.54. The van der Waals surface area contributed by atoms with Crippen LogP contribution in [-0.2, 0) is 9.53 Å². The molecule has 0 spiro atoms. The second kappa shape index (κ2) is 5.64. The lowest BCUT2D eigenvalue weighted by Gasteiger charge is -2.26. The summed E-state index contributed by atoms with van der Waals surface area (Å²) in [5, 5.41) is 3.28. The van der Waals surface area contributed by atoms with E-state index in [0.29, 0.717) is 5.92 Å². The quantitative estimate of drug-likeness (QED) is 0.776. The van der Waals surface area contributed by atoms with Crippen LogP contribution in [-0.4, -0.2) is 43.3 Å². The maximum Gasteiger partial charge on any atom is 0.240 e. The van der Waals surface area contributed by atoms with Gasteiger partial charge in [0.25, 0.3) is 0 Å². The van der Waals surface area contributed by atoms with E-state index in [0.717, 1.165) is 45.7 Å². The van der Waals surface area contributed by atoms with Gasteiger partial charge in [-0.15, -0.1) is 0 Å². The molecule has 2 atom stereocenters. The Balaban J connectivity index is 1.79. The Kier molecular flexibility index (Phi) is 4.18. The summed E-state index contributed by atoms with van der Waals surface area (Å²) in [5.41, 5.74) is 0. The average molecular weight is 226 g/mol. The molecule has 0 aromatic heterocycles. The molecule has 2 aliphatic heterocycles. The van der Waals surface area contributed by atoms with Gasteiger partial charge < -0.3 is 9.64 Å². The molecule has 4 nitrogen and oxygen atoms in total. The number of carbonyl (C=O) groups excluding carboxylic acids is 1. The normalized spacial score (nSPS) is 31.1. The molecule has 0 aliphatic carbocycles. The Morgan fingerprint density at radius 3 is 3.12 bits per heavy atom. The van der Waals surface area contributed by atoms with Crippen LogP contribution in [0.5, 0.6) is 0 Å². The SMILES string of the molecule is CCCC1NCN(CC2CCCOC2)C1=O. The summed E-state index contributed by atoms with van der Waals surface area (Å²) in [6.07, 6.45) is 4.35. The minimum absolute atomic E-state index is 0.0644. The maximum atomic E-state index is 12.0. The molecule has 2 heterocycles. The topological polar surface area (TPSA) is 41.6 Å². The maximum absolute atomic E-state index is 12.0. The number of nitrogens with one attached hydrogen (secondary N) is 1. The molecule has 2 rings (SSSR count). The van der Waals surface area contributed by atoms with E-state index in [1.165, 1.54) is 6.42 Å². The molecule has 0 saturated carbocycles. The minimum atomic E-state index is 0.0644. The lowest BCUT2D eigenvalue weighted by Crippen LogP contribution is -2.36. The Morgan fingerprint density at radius 1 is 1.56 bits per heavy atom. The first-order chi connectivity index (χ1) is 7.81. The van der Waals surface area contributed by atoms with Crippen molar-refractivity contribution in [3.05, 3.63) is 0 Å². The van der Waals surface area contributed by atoms with Crippen molar-refractivity contribution in [2.24, 2.45) is 5.92 Å². The largest absolute Gasteiger partial charge is 0.381 e. The predicted octanol–water partition coefficient (Wildman–Crippen LogP) is 0.971. The summed E-state index contributed by atoms with van der Waals surface area (Å²) in [5.74, 6) is 0.826. The third-order valence-electron chi connectivity index (χ3n) is 3.45. The second-order valence-corrected chi connectivity index (χ2v) is 4.85. The third-order valence-corrected chi connectivity index (χ3v) is 3.45. The molecular formula is C12H22N2O2. The molecular weight excluding hydrogens is 204 g/mol. The zero-order valence-electron chi connectivity index (χ0n) is 10.1. The van der Waals surface area contributed by atoms with Crippen LogP contribution in [0.2, 0.25) is 0 Å². The van der Waals surface area contributed by atoms with E-state index in [-0.39, 0.29) is 11.9 Å². The highest BCUT2D eigenvalue weighted by atomic mass is 16.5. The molecule has 2 aliphatic rings. The number of rotatable bonds is 4. The Morgan fingerprint density at radius 2 is 2.44 bits per heavy atom. The van der Waals surface area contributed by atoms with E-state index >= 15 is 0 Å². The number of amides is 1. The van der Waals surface area contributed by atoms with E-state index < -0.39 is 0 Å². The average Bonchev–Trinajstić information content (AvgIpc) is 2.64. The van der Waals surface area contributed by atoms with E-state index in [9.17, 15) is 4.79 Å². The third kappa shape index (κ3) is 2.74. The Labute approximate surface area is 97.3 Å².